The van der Waals surface area contributed by atoms with E-state index in [-0.39, 0.29) is 0 Å². The van der Waals surface area contributed by atoms with E-state index in [0.29, 0.717) is 11.3 Å². The van der Waals surface area contributed by atoms with Gasteiger partial charge < -0.3 is 0 Å². The highest BCUT2D eigenvalue weighted by Gasteiger charge is 2.50. The first-order valence-electron chi connectivity index (χ1n) is 5.86. The average Bonchev–Trinajstić information content (AvgIpc) is 2.91. The normalized spacial score (nSPS) is 31.8. The molecule has 0 N–H and O–H groups in total. The zero-order valence-corrected chi connectivity index (χ0v) is 9.90. The highest BCUT2D eigenvalue weighted by molar-refractivity contribution is 5.25. The Balaban J connectivity index is 2.09. The maximum Gasteiger partial charge on any atom is -0.0109 e. The quantitative estimate of drug-likeness (QED) is 0.635. The Morgan fingerprint density at radius 1 is 1.33 bits per heavy atom. The Bertz CT molecular complexity index is 350. The van der Waals surface area contributed by atoms with Crippen molar-refractivity contribution in [2.24, 2.45) is 11.3 Å². The number of hydrogen-bond acceptors (Lipinski definition) is 0. The third-order valence-electron chi connectivity index (χ3n) is 3.82. The second kappa shape index (κ2) is 3.84. The molecule has 2 unspecified atom stereocenters. The molecular formula is C15H20. The Labute approximate surface area is 93.0 Å². The van der Waals surface area contributed by atoms with Gasteiger partial charge in [0.25, 0.3) is 0 Å². The molecule has 1 aromatic carbocycles. The van der Waals surface area contributed by atoms with Crippen LogP contribution in [-0.4, -0.2) is 0 Å². The number of hydrogen-bond donors (Lipinski definition) is 0. The van der Waals surface area contributed by atoms with Gasteiger partial charge in [0.2, 0.25) is 0 Å². The molecule has 1 aliphatic rings. The van der Waals surface area contributed by atoms with Crippen molar-refractivity contribution in [3.8, 4) is 0 Å². The fourth-order valence-electron chi connectivity index (χ4n) is 2.72. The topological polar surface area (TPSA) is 0 Å². The number of allylic oxidation sites excluding steroid dienone is 2. The van der Waals surface area contributed by atoms with E-state index in [1.807, 2.05) is 0 Å². The Kier molecular flexibility index (Phi) is 2.68. The first-order chi connectivity index (χ1) is 7.17. The highest BCUT2D eigenvalue weighted by atomic mass is 14.5. The van der Waals surface area contributed by atoms with Gasteiger partial charge in [-0.2, -0.15) is 0 Å². The summed E-state index contributed by atoms with van der Waals surface area (Å²) in [7, 11) is 0. The van der Waals surface area contributed by atoms with Gasteiger partial charge in [-0.3, -0.25) is 0 Å². The minimum absolute atomic E-state index is 0.462. The fraction of sp³-hybridized carbons (Fsp3) is 0.467. The lowest BCUT2D eigenvalue weighted by atomic mass is 9.91. The summed E-state index contributed by atoms with van der Waals surface area (Å²) in [4.78, 5) is 0. The van der Waals surface area contributed by atoms with Crippen molar-refractivity contribution in [1.29, 1.82) is 0 Å². The lowest BCUT2D eigenvalue weighted by molar-refractivity contribution is 0.548. The van der Waals surface area contributed by atoms with E-state index in [2.05, 4.69) is 63.3 Å². The van der Waals surface area contributed by atoms with Crippen LogP contribution in [0.4, 0.5) is 0 Å². The zero-order valence-electron chi connectivity index (χ0n) is 9.90. The van der Waals surface area contributed by atoms with Gasteiger partial charge in [0.15, 0.2) is 0 Å². The smallest absolute Gasteiger partial charge is 0.0109 e. The maximum atomic E-state index is 2.37. The summed E-state index contributed by atoms with van der Waals surface area (Å²) >= 11 is 0. The van der Waals surface area contributed by atoms with Gasteiger partial charge in [-0.05, 0) is 36.2 Å². The zero-order chi connectivity index (χ0) is 10.9. The maximum absolute atomic E-state index is 2.37. The van der Waals surface area contributed by atoms with Gasteiger partial charge in [0.1, 0.15) is 0 Å². The summed E-state index contributed by atoms with van der Waals surface area (Å²) in [6.45, 7) is 6.85. The molecule has 1 fully saturated rings. The van der Waals surface area contributed by atoms with Crippen molar-refractivity contribution in [3.63, 3.8) is 0 Å². The summed E-state index contributed by atoms with van der Waals surface area (Å²) in [5.74, 6) is 1.52. The standard InChI is InChI=1S/C15H20/c1-4-10-15(3)11-14(15)12(2)13-8-6-5-7-9-13/h4-10,12,14H,11H2,1-3H3/b10-4-/t12-,14?,15?/m0/s1. The third-order valence-corrected chi connectivity index (χ3v) is 3.82. The van der Waals surface area contributed by atoms with Crippen LogP contribution in [0.15, 0.2) is 42.5 Å². The molecule has 1 aromatic rings. The Morgan fingerprint density at radius 3 is 2.60 bits per heavy atom. The van der Waals surface area contributed by atoms with Crippen LogP contribution in [-0.2, 0) is 0 Å². The van der Waals surface area contributed by atoms with Crippen LogP contribution in [0.3, 0.4) is 0 Å². The van der Waals surface area contributed by atoms with E-state index in [4.69, 9.17) is 0 Å². The van der Waals surface area contributed by atoms with E-state index < -0.39 is 0 Å². The second-order valence-corrected chi connectivity index (χ2v) is 5.02. The molecule has 0 nitrogen and oxygen atoms in total. The molecule has 1 saturated carbocycles. The molecule has 0 spiro atoms. The van der Waals surface area contributed by atoms with Gasteiger partial charge in [0, 0.05) is 0 Å². The van der Waals surface area contributed by atoms with Crippen molar-refractivity contribution in [2.75, 3.05) is 0 Å². The molecule has 0 aliphatic heterocycles. The number of benzene rings is 1. The van der Waals surface area contributed by atoms with E-state index in [9.17, 15) is 0 Å². The van der Waals surface area contributed by atoms with Gasteiger partial charge in [0.05, 0.1) is 0 Å². The second-order valence-electron chi connectivity index (χ2n) is 5.02. The van der Waals surface area contributed by atoms with Gasteiger partial charge in [-0.15, -0.1) is 0 Å². The van der Waals surface area contributed by atoms with E-state index in [0.717, 1.165) is 5.92 Å². The van der Waals surface area contributed by atoms with E-state index >= 15 is 0 Å². The van der Waals surface area contributed by atoms with Crippen LogP contribution < -0.4 is 0 Å². The van der Waals surface area contributed by atoms with Crippen LogP contribution in [0.25, 0.3) is 0 Å². The van der Waals surface area contributed by atoms with Crippen molar-refractivity contribution in [2.45, 2.75) is 33.1 Å². The molecule has 15 heavy (non-hydrogen) atoms. The summed E-state index contributed by atoms with van der Waals surface area (Å²) in [6, 6.07) is 10.9. The summed E-state index contributed by atoms with van der Waals surface area (Å²) in [6.07, 6.45) is 5.90. The van der Waals surface area contributed by atoms with Gasteiger partial charge in [-0.25, -0.2) is 0 Å². The van der Waals surface area contributed by atoms with Crippen LogP contribution in [0, 0.1) is 11.3 Å². The molecule has 0 bridgehead atoms. The first kappa shape index (κ1) is 10.5. The monoisotopic (exact) mass is 200 g/mol. The SMILES string of the molecule is C/C=C\C1(C)CC1[C@@H](C)c1ccccc1. The Morgan fingerprint density at radius 2 is 2.00 bits per heavy atom. The molecule has 3 atom stereocenters. The molecule has 0 radical (unpaired) electrons. The van der Waals surface area contributed by atoms with Crippen molar-refractivity contribution in [3.05, 3.63) is 48.0 Å². The van der Waals surface area contributed by atoms with Crippen LogP contribution in [0.1, 0.15) is 38.7 Å². The molecule has 0 aromatic heterocycles. The fourth-order valence-corrected chi connectivity index (χ4v) is 2.72. The van der Waals surface area contributed by atoms with Crippen LogP contribution in [0.2, 0.25) is 0 Å². The molecule has 0 amide bonds. The largest absolute Gasteiger partial charge is 0.0911 e. The summed E-state index contributed by atoms with van der Waals surface area (Å²) in [5, 5.41) is 0. The first-order valence-corrected chi connectivity index (χ1v) is 5.86. The minimum atomic E-state index is 0.462. The predicted molar refractivity (Wildman–Crippen MR) is 65.9 cm³/mol. The average molecular weight is 200 g/mol. The van der Waals surface area contributed by atoms with Gasteiger partial charge in [-0.1, -0.05) is 56.3 Å². The number of rotatable bonds is 3. The Hall–Kier alpha value is -1.04. The predicted octanol–water partition coefficient (Wildman–Crippen LogP) is 4.39. The van der Waals surface area contributed by atoms with E-state index in [1.165, 1.54) is 12.0 Å². The van der Waals surface area contributed by atoms with Crippen molar-refractivity contribution in [1.82, 2.24) is 0 Å². The van der Waals surface area contributed by atoms with Crippen molar-refractivity contribution < 1.29 is 0 Å². The summed E-state index contributed by atoms with van der Waals surface area (Å²) in [5.41, 5.74) is 1.94. The molecule has 80 valence electrons. The molecule has 1 aliphatic carbocycles. The lowest BCUT2D eigenvalue weighted by Gasteiger charge is -2.14. The molecule has 2 rings (SSSR count). The summed E-state index contributed by atoms with van der Waals surface area (Å²) < 4.78 is 0. The third kappa shape index (κ3) is 1.99. The van der Waals surface area contributed by atoms with E-state index in [1.54, 1.807) is 0 Å². The van der Waals surface area contributed by atoms with Crippen LogP contribution >= 0.6 is 0 Å². The minimum Gasteiger partial charge on any atom is -0.0911 e. The van der Waals surface area contributed by atoms with Crippen molar-refractivity contribution >= 4 is 0 Å². The molecule has 0 saturated heterocycles. The molecule has 0 heteroatoms. The van der Waals surface area contributed by atoms with Gasteiger partial charge >= 0.3 is 0 Å². The molecule has 0 heterocycles. The lowest BCUT2D eigenvalue weighted by Crippen LogP contribution is -2.02. The highest BCUT2D eigenvalue weighted by Crippen LogP contribution is 2.59. The van der Waals surface area contributed by atoms with Crippen LogP contribution in [0.5, 0.6) is 0 Å². The molecular weight excluding hydrogens is 180 g/mol.